The molecule has 0 aliphatic heterocycles. The van der Waals surface area contributed by atoms with Crippen LogP contribution in [0, 0.1) is 0 Å². The molecular weight excluding hydrogens is 328 g/mol. The number of aliphatic hydroxyl groups is 1. The standard InChI is InChI=1S/C17H18N4O2.ClH/c22-10-4-9-18-16-14-7-1-2-8-15(14)20-17(21-16)19-12-5-3-6-13(23)11-12;/h1-3,5-8,11,22-23H,4,9-10H2,(H2,18,19,20,21);1H. The summed E-state index contributed by atoms with van der Waals surface area (Å²) in [5.74, 6) is 1.34. The molecule has 0 atom stereocenters. The molecule has 0 unspecified atom stereocenters. The summed E-state index contributed by atoms with van der Waals surface area (Å²) in [6.45, 7) is 0.757. The average Bonchev–Trinajstić information content (AvgIpc) is 2.55. The molecule has 4 N–H and O–H groups in total. The summed E-state index contributed by atoms with van der Waals surface area (Å²) >= 11 is 0. The Balaban J connectivity index is 0.00000208. The summed E-state index contributed by atoms with van der Waals surface area (Å²) in [6.07, 6.45) is 0.646. The van der Waals surface area contributed by atoms with Crippen molar-refractivity contribution >= 4 is 40.8 Å². The highest BCUT2D eigenvalue weighted by Gasteiger charge is 2.07. The van der Waals surface area contributed by atoms with Crippen molar-refractivity contribution in [1.29, 1.82) is 0 Å². The first-order valence-corrected chi connectivity index (χ1v) is 7.44. The largest absolute Gasteiger partial charge is 0.508 e. The molecule has 6 nitrogen and oxygen atoms in total. The molecule has 3 aromatic rings. The van der Waals surface area contributed by atoms with Crippen LogP contribution in [0.5, 0.6) is 5.75 Å². The maximum Gasteiger partial charge on any atom is 0.229 e. The predicted molar refractivity (Wildman–Crippen MR) is 98.4 cm³/mol. The van der Waals surface area contributed by atoms with Gasteiger partial charge in [-0.15, -0.1) is 12.4 Å². The van der Waals surface area contributed by atoms with Crippen LogP contribution < -0.4 is 10.6 Å². The second-order valence-electron chi connectivity index (χ2n) is 5.09. The quantitative estimate of drug-likeness (QED) is 0.512. The van der Waals surface area contributed by atoms with Crippen LogP contribution in [-0.4, -0.2) is 33.3 Å². The molecular formula is C17H19ClN4O2. The van der Waals surface area contributed by atoms with Crippen LogP contribution in [0.4, 0.5) is 17.5 Å². The van der Waals surface area contributed by atoms with Gasteiger partial charge in [-0.3, -0.25) is 0 Å². The zero-order valence-corrected chi connectivity index (χ0v) is 13.8. The molecule has 1 heterocycles. The molecule has 0 radical (unpaired) electrons. The predicted octanol–water partition coefficient (Wildman–Crippen LogP) is 3.30. The van der Waals surface area contributed by atoms with Crippen molar-refractivity contribution in [2.45, 2.75) is 6.42 Å². The molecule has 1 aromatic heterocycles. The molecule has 126 valence electrons. The van der Waals surface area contributed by atoms with Gasteiger partial charge in [0.1, 0.15) is 11.6 Å². The minimum Gasteiger partial charge on any atom is -0.508 e. The Morgan fingerprint density at radius 2 is 1.83 bits per heavy atom. The highest BCUT2D eigenvalue weighted by Crippen LogP contribution is 2.24. The van der Waals surface area contributed by atoms with Gasteiger partial charge in [0.25, 0.3) is 0 Å². The van der Waals surface area contributed by atoms with Gasteiger partial charge in [0.2, 0.25) is 5.95 Å². The number of phenols is 1. The Morgan fingerprint density at radius 3 is 2.62 bits per heavy atom. The number of aromatic hydroxyl groups is 1. The number of nitrogens with one attached hydrogen (secondary N) is 2. The number of fused-ring (bicyclic) bond motifs is 1. The minimum atomic E-state index is 0. The Morgan fingerprint density at radius 1 is 1.00 bits per heavy atom. The number of anilines is 3. The SMILES string of the molecule is Cl.OCCCNc1nc(Nc2cccc(O)c2)nc2ccccc12. The van der Waals surface area contributed by atoms with Gasteiger partial charge in [-0.05, 0) is 30.7 Å². The van der Waals surface area contributed by atoms with Crippen LogP contribution >= 0.6 is 12.4 Å². The Hall–Kier alpha value is -2.57. The van der Waals surface area contributed by atoms with Crippen molar-refractivity contribution in [2.24, 2.45) is 0 Å². The van der Waals surface area contributed by atoms with Crippen LogP contribution in [0.15, 0.2) is 48.5 Å². The number of hydrogen-bond donors (Lipinski definition) is 4. The van der Waals surface area contributed by atoms with Gasteiger partial charge in [-0.2, -0.15) is 4.98 Å². The number of aromatic nitrogens is 2. The number of phenolic OH excluding ortho intramolecular Hbond substituents is 1. The van der Waals surface area contributed by atoms with E-state index in [1.807, 2.05) is 30.3 Å². The van der Waals surface area contributed by atoms with E-state index in [4.69, 9.17) is 5.11 Å². The van der Waals surface area contributed by atoms with Crippen LogP contribution in [0.1, 0.15) is 6.42 Å². The van der Waals surface area contributed by atoms with Gasteiger partial charge in [0.05, 0.1) is 5.52 Å². The lowest BCUT2D eigenvalue weighted by atomic mass is 10.2. The molecule has 7 heteroatoms. The third-order valence-electron chi connectivity index (χ3n) is 3.33. The van der Waals surface area contributed by atoms with Crippen molar-refractivity contribution in [1.82, 2.24) is 9.97 Å². The van der Waals surface area contributed by atoms with E-state index in [1.165, 1.54) is 0 Å². The molecule has 0 amide bonds. The summed E-state index contributed by atoms with van der Waals surface area (Å²) in [4.78, 5) is 9.00. The maximum absolute atomic E-state index is 9.54. The molecule has 0 spiro atoms. The first-order chi connectivity index (χ1) is 11.3. The molecule has 0 saturated carbocycles. The van der Waals surface area contributed by atoms with E-state index in [1.54, 1.807) is 18.2 Å². The van der Waals surface area contributed by atoms with Crippen molar-refractivity contribution < 1.29 is 10.2 Å². The van der Waals surface area contributed by atoms with Crippen molar-refractivity contribution in [3.63, 3.8) is 0 Å². The first-order valence-electron chi connectivity index (χ1n) is 7.44. The van der Waals surface area contributed by atoms with Gasteiger partial charge < -0.3 is 20.8 Å². The lowest BCUT2D eigenvalue weighted by Crippen LogP contribution is -2.08. The van der Waals surface area contributed by atoms with Crippen molar-refractivity contribution in [2.75, 3.05) is 23.8 Å². The fraction of sp³-hybridized carbons (Fsp3) is 0.176. The van der Waals surface area contributed by atoms with Gasteiger partial charge in [0.15, 0.2) is 0 Å². The minimum absolute atomic E-state index is 0. The lowest BCUT2D eigenvalue weighted by Gasteiger charge is -2.11. The lowest BCUT2D eigenvalue weighted by molar-refractivity contribution is 0.292. The number of rotatable bonds is 6. The van der Waals surface area contributed by atoms with Gasteiger partial charge in [0, 0.05) is 30.3 Å². The van der Waals surface area contributed by atoms with Crippen LogP contribution in [0.3, 0.4) is 0 Å². The summed E-state index contributed by atoms with van der Waals surface area (Å²) in [6, 6.07) is 14.5. The topological polar surface area (TPSA) is 90.3 Å². The third-order valence-corrected chi connectivity index (χ3v) is 3.33. The van der Waals surface area contributed by atoms with Gasteiger partial charge in [-0.1, -0.05) is 18.2 Å². The zero-order chi connectivity index (χ0) is 16.1. The number of benzene rings is 2. The average molecular weight is 347 g/mol. The summed E-state index contributed by atoms with van der Waals surface area (Å²) < 4.78 is 0. The van der Waals surface area contributed by atoms with E-state index >= 15 is 0 Å². The molecule has 0 bridgehead atoms. The summed E-state index contributed by atoms with van der Waals surface area (Å²) in [7, 11) is 0. The number of para-hydroxylation sites is 1. The monoisotopic (exact) mass is 346 g/mol. The first kappa shape index (κ1) is 17.8. The normalized spacial score (nSPS) is 10.2. The number of halogens is 1. The number of nitrogens with zero attached hydrogens (tertiary/aromatic N) is 2. The van der Waals surface area contributed by atoms with Crippen LogP contribution in [0.25, 0.3) is 10.9 Å². The molecule has 0 saturated heterocycles. The Kier molecular flexibility index (Phi) is 6.17. The second kappa shape index (κ2) is 8.33. The molecule has 2 aromatic carbocycles. The van der Waals surface area contributed by atoms with Crippen molar-refractivity contribution in [3.05, 3.63) is 48.5 Å². The zero-order valence-electron chi connectivity index (χ0n) is 12.9. The maximum atomic E-state index is 9.54. The Bertz CT molecular complexity index is 813. The highest BCUT2D eigenvalue weighted by atomic mass is 35.5. The molecule has 0 fully saturated rings. The van der Waals surface area contributed by atoms with E-state index in [0.29, 0.717) is 30.4 Å². The highest BCUT2D eigenvalue weighted by molar-refractivity contribution is 5.90. The summed E-state index contributed by atoms with van der Waals surface area (Å²) in [5.41, 5.74) is 1.53. The fourth-order valence-corrected chi connectivity index (χ4v) is 2.27. The molecule has 0 aliphatic rings. The fourth-order valence-electron chi connectivity index (χ4n) is 2.27. The summed E-state index contributed by atoms with van der Waals surface area (Å²) in [5, 5.41) is 25.7. The van der Waals surface area contributed by atoms with E-state index < -0.39 is 0 Å². The second-order valence-corrected chi connectivity index (χ2v) is 5.09. The van der Waals surface area contributed by atoms with Crippen LogP contribution in [-0.2, 0) is 0 Å². The number of aliphatic hydroxyl groups excluding tert-OH is 1. The molecule has 0 aliphatic carbocycles. The van der Waals surface area contributed by atoms with E-state index in [0.717, 1.165) is 10.9 Å². The van der Waals surface area contributed by atoms with Gasteiger partial charge >= 0.3 is 0 Å². The van der Waals surface area contributed by atoms with E-state index in [9.17, 15) is 5.11 Å². The van der Waals surface area contributed by atoms with E-state index in [2.05, 4.69) is 20.6 Å². The molecule has 3 rings (SSSR count). The smallest absolute Gasteiger partial charge is 0.229 e. The van der Waals surface area contributed by atoms with Gasteiger partial charge in [-0.25, -0.2) is 4.98 Å². The Labute approximate surface area is 146 Å². The molecule has 24 heavy (non-hydrogen) atoms. The van der Waals surface area contributed by atoms with Crippen LogP contribution in [0.2, 0.25) is 0 Å². The number of hydrogen-bond acceptors (Lipinski definition) is 6. The van der Waals surface area contributed by atoms with E-state index in [-0.39, 0.29) is 24.8 Å². The van der Waals surface area contributed by atoms with Crippen molar-refractivity contribution in [3.8, 4) is 5.75 Å². The third kappa shape index (κ3) is 4.24.